The zero-order valence-electron chi connectivity index (χ0n) is 40.1. The average Bonchev–Trinajstić information content (AvgIpc) is 3.92. The van der Waals surface area contributed by atoms with Gasteiger partial charge in [0, 0.05) is 83.1 Å². The van der Waals surface area contributed by atoms with Gasteiger partial charge in [0.2, 0.25) is 11.8 Å². The summed E-state index contributed by atoms with van der Waals surface area (Å²) >= 11 is 6.57. The van der Waals surface area contributed by atoms with E-state index >= 15 is 0 Å². The van der Waals surface area contributed by atoms with E-state index in [9.17, 15) is 41.9 Å². The summed E-state index contributed by atoms with van der Waals surface area (Å²) in [7, 11) is 1.38. The van der Waals surface area contributed by atoms with Gasteiger partial charge in [-0.05, 0) is 97.6 Å². The molecule has 0 bridgehead atoms. The van der Waals surface area contributed by atoms with E-state index in [0.717, 1.165) is 17.1 Å². The van der Waals surface area contributed by atoms with E-state index in [4.69, 9.17) is 21.1 Å². The predicted molar refractivity (Wildman–Crippen MR) is 250 cm³/mol. The molecule has 0 radical (unpaired) electrons. The fourth-order valence-corrected chi connectivity index (χ4v) is 8.66. The van der Waals surface area contributed by atoms with Gasteiger partial charge in [0.05, 0.1) is 39.9 Å². The second-order valence-electron chi connectivity index (χ2n) is 19.5. The number of hydrogen-bond acceptors (Lipinski definition) is 11. The highest BCUT2D eigenvalue weighted by molar-refractivity contribution is 6.34. The van der Waals surface area contributed by atoms with Crippen LogP contribution in [0.1, 0.15) is 93.9 Å². The van der Waals surface area contributed by atoms with Gasteiger partial charge in [-0.15, -0.1) is 0 Å². The molecule has 0 saturated carbocycles. The molecule has 0 aliphatic carbocycles. The maximum atomic E-state index is 14.5. The molecule has 2 N–H and O–H groups in total. The second-order valence-corrected chi connectivity index (χ2v) is 19.9. The molecule has 0 unspecified atom stereocenters. The van der Waals surface area contributed by atoms with E-state index in [1.54, 1.807) is 61.1 Å². The number of carbonyl (C=O) groups is 6. The summed E-state index contributed by atoms with van der Waals surface area (Å²) in [5.41, 5.74) is -2.28. The quantitative estimate of drug-likeness (QED) is 0.182. The van der Waals surface area contributed by atoms with Gasteiger partial charge >= 0.3 is 18.4 Å². The minimum Gasteiger partial charge on any atom is -0.444 e. The van der Waals surface area contributed by atoms with Crippen LogP contribution in [0, 0.1) is 11.8 Å². The number of nitrogens with one attached hydrogen (secondary N) is 2. The summed E-state index contributed by atoms with van der Waals surface area (Å²) in [5, 5.41) is 9.25. The molecule has 19 nitrogen and oxygen atoms in total. The van der Waals surface area contributed by atoms with Gasteiger partial charge < -0.3 is 44.3 Å². The van der Waals surface area contributed by atoms with Crippen LogP contribution in [0.3, 0.4) is 0 Å². The van der Waals surface area contributed by atoms with Crippen LogP contribution in [0.5, 0.6) is 0 Å². The summed E-state index contributed by atoms with van der Waals surface area (Å²) in [6.45, 7) is 13.5. The Balaban J connectivity index is 0.933. The molecule has 70 heavy (non-hydrogen) atoms. The van der Waals surface area contributed by atoms with Crippen LogP contribution in [-0.2, 0) is 32.3 Å². The first-order valence-corrected chi connectivity index (χ1v) is 23.3. The van der Waals surface area contributed by atoms with Gasteiger partial charge in [0.1, 0.15) is 11.2 Å². The van der Waals surface area contributed by atoms with Gasteiger partial charge in [0.25, 0.3) is 11.8 Å². The number of likely N-dealkylation sites (tertiary alicyclic amines) is 2. The molecule has 3 saturated heterocycles. The van der Waals surface area contributed by atoms with E-state index in [1.807, 2.05) is 0 Å². The number of ether oxygens (including phenoxy) is 2. The highest BCUT2D eigenvalue weighted by atomic mass is 35.5. The van der Waals surface area contributed by atoms with Crippen molar-refractivity contribution in [3.63, 3.8) is 0 Å². The number of pyridine rings is 1. The smallest absolute Gasteiger partial charge is 0.435 e. The fourth-order valence-electron chi connectivity index (χ4n) is 8.40. The SMILES string of the molecule is Cn1c(-c2cn(-c3ccc(NC(=O)C4CCN(C(=O)OC(C)(C)C)CC4)cn3)nc2C(F)(F)F)cnc1C(=O)Nc1ccc(C(=O)N2CCN(C(=O)C3CCN(C(=O)OC(C)(C)C)CC3)CC2)c(Cl)c1. The molecule has 3 fully saturated rings. The lowest BCUT2D eigenvalue weighted by Gasteiger charge is -2.38. The summed E-state index contributed by atoms with van der Waals surface area (Å²) < 4.78 is 56.4. The molecule has 23 heteroatoms. The number of hydrogen-bond donors (Lipinski definition) is 2. The summed E-state index contributed by atoms with van der Waals surface area (Å²) in [6.07, 6.45) is -0.337. The summed E-state index contributed by atoms with van der Waals surface area (Å²) in [4.78, 5) is 93.2. The number of aromatic nitrogens is 5. The number of piperidine rings is 2. The topological polar surface area (TPSA) is 206 Å². The minimum atomic E-state index is -4.91. The number of imidazole rings is 1. The van der Waals surface area contributed by atoms with Crippen molar-refractivity contribution in [1.29, 1.82) is 0 Å². The molecule has 0 spiro atoms. The average molecular weight is 996 g/mol. The number of rotatable bonds is 8. The molecule has 376 valence electrons. The number of anilines is 2. The van der Waals surface area contributed by atoms with Crippen molar-refractivity contribution in [3.8, 4) is 17.1 Å². The molecular weight excluding hydrogens is 939 g/mol. The maximum Gasteiger partial charge on any atom is 0.435 e. The van der Waals surface area contributed by atoms with Crippen LogP contribution in [0.4, 0.5) is 34.1 Å². The van der Waals surface area contributed by atoms with E-state index in [2.05, 4.69) is 25.7 Å². The number of benzene rings is 1. The monoisotopic (exact) mass is 995 g/mol. The summed E-state index contributed by atoms with van der Waals surface area (Å²) in [6, 6.07) is 7.19. The lowest BCUT2D eigenvalue weighted by Crippen LogP contribution is -2.53. The Morgan fingerprint density at radius 1 is 0.686 bits per heavy atom. The number of alkyl halides is 3. The number of piperazine rings is 1. The second kappa shape index (κ2) is 20.3. The molecule has 3 aliphatic rings. The van der Waals surface area contributed by atoms with Crippen molar-refractivity contribution in [2.24, 2.45) is 18.9 Å². The lowest BCUT2D eigenvalue weighted by molar-refractivity contribution is -0.141. The zero-order chi connectivity index (χ0) is 50.9. The van der Waals surface area contributed by atoms with E-state index < -0.39 is 41.2 Å². The predicted octanol–water partition coefficient (Wildman–Crippen LogP) is 7.11. The number of nitrogens with zero attached hydrogens (tertiary/aromatic N) is 9. The first-order valence-electron chi connectivity index (χ1n) is 23.0. The number of carbonyl (C=O) groups excluding carboxylic acids is 6. The molecule has 6 amide bonds. The highest BCUT2D eigenvalue weighted by Crippen LogP contribution is 2.37. The molecular formula is C47H57ClF3N11O8. The van der Waals surface area contributed by atoms with Crippen LogP contribution in [0.25, 0.3) is 17.1 Å². The Kier molecular flexibility index (Phi) is 14.9. The lowest BCUT2D eigenvalue weighted by atomic mass is 9.95. The Bertz CT molecular complexity index is 2620. The molecule has 6 heterocycles. The highest BCUT2D eigenvalue weighted by Gasteiger charge is 2.40. The van der Waals surface area contributed by atoms with Crippen molar-refractivity contribution in [1.82, 2.24) is 43.9 Å². The standard InChI is InChI=1S/C47H57ClF3N11O8/c1-45(2,3)69-43(67)60-16-12-28(13-17-60)39(63)55-31-9-11-36(52-25-31)62-27-33(37(56-62)47(49,50)51)35-26-53-38(57(35)7)40(64)54-30-8-10-32(34(48)24-30)42(66)59-22-20-58(21-23-59)41(65)29-14-18-61(19-15-29)44(68)70-46(4,5)6/h8-11,24-29H,12-23H2,1-7H3,(H,54,64)(H,55,63). The Morgan fingerprint density at radius 3 is 1.77 bits per heavy atom. The van der Waals surface area contributed by atoms with Crippen molar-refractivity contribution >= 4 is 58.8 Å². The van der Waals surface area contributed by atoms with Gasteiger partial charge in [-0.3, -0.25) is 19.2 Å². The number of amides is 6. The zero-order valence-corrected chi connectivity index (χ0v) is 40.8. The van der Waals surface area contributed by atoms with Gasteiger partial charge in [-0.25, -0.2) is 24.2 Å². The van der Waals surface area contributed by atoms with E-state index in [1.165, 1.54) is 48.1 Å². The van der Waals surface area contributed by atoms with Gasteiger partial charge in [0.15, 0.2) is 17.3 Å². The number of halogens is 4. The van der Waals surface area contributed by atoms with Gasteiger partial charge in [-0.1, -0.05) is 11.6 Å². The molecule has 7 rings (SSSR count). The Labute approximate surface area is 407 Å². The molecule has 3 aliphatic heterocycles. The third-order valence-corrected chi connectivity index (χ3v) is 12.4. The minimum absolute atomic E-state index is 0.0129. The third-order valence-electron chi connectivity index (χ3n) is 12.0. The van der Waals surface area contributed by atoms with Gasteiger partial charge in [-0.2, -0.15) is 18.3 Å². The molecule has 1 aromatic carbocycles. The van der Waals surface area contributed by atoms with Crippen molar-refractivity contribution in [3.05, 3.63) is 71.0 Å². The van der Waals surface area contributed by atoms with Crippen LogP contribution < -0.4 is 10.6 Å². The van der Waals surface area contributed by atoms with E-state index in [-0.39, 0.29) is 81.8 Å². The molecule has 4 aromatic rings. The third kappa shape index (κ3) is 12.2. The summed E-state index contributed by atoms with van der Waals surface area (Å²) in [5.74, 6) is -2.26. The van der Waals surface area contributed by atoms with Crippen LogP contribution in [-0.4, -0.2) is 143 Å². The molecule has 0 atom stereocenters. The van der Waals surface area contributed by atoms with Crippen molar-refractivity contribution < 1.29 is 51.4 Å². The van der Waals surface area contributed by atoms with E-state index in [0.29, 0.717) is 70.6 Å². The first kappa shape index (κ1) is 51.1. The normalized spacial score (nSPS) is 16.5. The van der Waals surface area contributed by atoms with Crippen LogP contribution >= 0.6 is 11.6 Å². The van der Waals surface area contributed by atoms with Crippen LogP contribution in [0.15, 0.2) is 48.9 Å². The maximum absolute atomic E-state index is 14.5. The fraction of sp³-hybridized carbons (Fsp3) is 0.511. The first-order chi connectivity index (χ1) is 32.8. The Morgan fingerprint density at radius 2 is 1.24 bits per heavy atom. The largest absolute Gasteiger partial charge is 0.444 e. The Hall–Kier alpha value is -6.71. The van der Waals surface area contributed by atoms with Crippen molar-refractivity contribution in [2.45, 2.75) is 84.6 Å². The van der Waals surface area contributed by atoms with Crippen LogP contribution in [0.2, 0.25) is 5.02 Å². The molecule has 3 aromatic heterocycles. The van der Waals surface area contributed by atoms with Crippen molar-refractivity contribution in [2.75, 3.05) is 63.0 Å².